The van der Waals surface area contributed by atoms with E-state index in [0.29, 0.717) is 18.8 Å². The van der Waals surface area contributed by atoms with Crippen LogP contribution >= 0.6 is 0 Å². The highest BCUT2D eigenvalue weighted by molar-refractivity contribution is 5.89. The topological polar surface area (TPSA) is 38.8 Å². The summed E-state index contributed by atoms with van der Waals surface area (Å²) in [4.78, 5) is 15.0. The largest absolute Gasteiger partial charge is 0.497 e. The second kappa shape index (κ2) is 6.52. The maximum Gasteiger partial charge on any atom is 0.141 e. The number of rotatable bonds is 5. The summed E-state index contributed by atoms with van der Waals surface area (Å²) in [5.41, 5.74) is 3.70. The lowest BCUT2D eigenvalue weighted by Crippen LogP contribution is -2.39. The molecule has 0 N–H and O–H groups in total. The zero-order valence-electron chi connectivity index (χ0n) is 14.6. The highest BCUT2D eigenvalue weighted by Crippen LogP contribution is 2.51. The van der Waals surface area contributed by atoms with Crippen LogP contribution in [0.15, 0.2) is 48.5 Å². The lowest BCUT2D eigenvalue weighted by atomic mass is 9.95. The van der Waals surface area contributed by atoms with Crippen molar-refractivity contribution in [3.05, 3.63) is 59.7 Å². The number of anilines is 1. The van der Waals surface area contributed by atoms with Gasteiger partial charge in [-0.15, -0.1) is 0 Å². The summed E-state index contributed by atoms with van der Waals surface area (Å²) in [6, 6.07) is 16.8. The number of carbonyl (C=O) groups excluding carboxylic acids is 1. The van der Waals surface area contributed by atoms with E-state index in [1.807, 2.05) is 12.1 Å². The molecule has 1 aliphatic heterocycles. The van der Waals surface area contributed by atoms with Crippen molar-refractivity contribution in [3.8, 4) is 5.75 Å². The molecule has 0 saturated heterocycles. The lowest BCUT2D eigenvalue weighted by Gasteiger charge is -2.31. The van der Waals surface area contributed by atoms with Crippen LogP contribution in [0.5, 0.6) is 5.75 Å². The molecule has 4 nitrogen and oxygen atoms in total. The molecule has 2 aromatic rings. The molecule has 2 aromatic carbocycles. The van der Waals surface area contributed by atoms with Crippen molar-refractivity contribution >= 4 is 11.5 Å². The molecule has 1 saturated carbocycles. The van der Waals surface area contributed by atoms with Gasteiger partial charge in [-0.1, -0.05) is 30.3 Å². The first-order valence-electron chi connectivity index (χ1n) is 8.73. The first-order chi connectivity index (χ1) is 12.2. The van der Waals surface area contributed by atoms with Crippen LogP contribution in [0.1, 0.15) is 23.5 Å². The number of benzene rings is 2. The first kappa shape index (κ1) is 16.2. The van der Waals surface area contributed by atoms with E-state index in [1.54, 1.807) is 14.2 Å². The van der Waals surface area contributed by atoms with Crippen LogP contribution in [-0.2, 0) is 16.1 Å². The minimum Gasteiger partial charge on any atom is -0.497 e. The zero-order valence-corrected chi connectivity index (χ0v) is 14.6. The molecule has 25 heavy (non-hydrogen) atoms. The third-order valence-corrected chi connectivity index (χ3v) is 5.50. The van der Waals surface area contributed by atoms with Crippen LogP contribution in [-0.4, -0.2) is 32.7 Å². The van der Waals surface area contributed by atoms with E-state index in [-0.39, 0.29) is 17.9 Å². The average Bonchev–Trinajstić information content (AvgIpc) is 3.11. The Kier molecular flexibility index (Phi) is 4.22. The second-order valence-corrected chi connectivity index (χ2v) is 6.87. The van der Waals surface area contributed by atoms with E-state index < -0.39 is 0 Å². The van der Waals surface area contributed by atoms with Crippen LogP contribution in [0, 0.1) is 5.92 Å². The van der Waals surface area contributed by atoms with Gasteiger partial charge in [-0.3, -0.25) is 4.79 Å². The summed E-state index contributed by atoms with van der Waals surface area (Å²) in [7, 11) is 3.36. The first-order valence-corrected chi connectivity index (χ1v) is 8.73. The van der Waals surface area contributed by atoms with E-state index in [9.17, 15) is 4.79 Å². The highest BCUT2D eigenvalue weighted by Gasteiger charge is 2.51. The number of hydrogen-bond donors (Lipinski definition) is 0. The number of nitrogens with zero attached hydrogens (tertiary/aromatic N) is 1. The fourth-order valence-corrected chi connectivity index (χ4v) is 4.41. The smallest absolute Gasteiger partial charge is 0.141 e. The highest BCUT2D eigenvalue weighted by atomic mass is 16.5. The Balaban J connectivity index is 1.75. The SMILES string of the molecule is COC[C@H]1C(=O)C[C@@H]2c3cc(OC)ccc3N(Cc3ccccc3)[C@@H]21. The van der Waals surface area contributed by atoms with Crippen LogP contribution in [0.3, 0.4) is 0 Å². The lowest BCUT2D eigenvalue weighted by molar-refractivity contribution is -0.122. The Hall–Kier alpha value is -2.33. The van der Waals surface area contributed by atoms with E-state index in [4.69, 9.17) is 9.47 Å². The molecule has 0 bridgehead atoms. The fraction of sp³-hybridized carbons (Fsp3) is 0.381. The maximum atomic E-state index is 12.6. The predicted octanol–water partition coefficient (Wildman–Crippen LogP) is 3.40. The van der Waals surface area contributed by atoms with Gasteiger partial charge >= 0.3 is 0 Å². The molecule has 1 aliphatic carbocycles. The van der Waals surface area contributed by atoms with Crippen molar-refractivity contribution in [2.24, 2.45) is 5.92 Å². The minimum atomic E-state index is -0.0721. The van der Waals surface area contributed by atoms with Gasteiger partial charge in [-0.2, -0.15) is 0 Å². The number of ether oxygens (including phenoxy) is 2. The Morgan fingerprint density at radius 3 is 2.64 bits per heavy atom. The Morgan fingerprint density at radius 2 is 1.92 bits per heavy atom. The van der Waals surface area contributed by atoms with Gasteiger partial charge < -0.3 is 14.4 Å². The summed E-state index contributed by atoms with van der Waals surface area (Å²) in [5.74, 6) is 1.31. The fourth-order valence-electron chi connectivity index (χ4n) is 4.41. The molecule has 0 unspecified atom stereocenters. The van der Waals surface area contributed by atoms with Crippen LogP contribution < -0.4 is 9.64 Å². The van der Waals surface area contributed by atoms with Crippen LogP contribution in [0.25, 0.3) is 0 Å². The number of ketones is 1. The van der Waals surface area contributed by atoms with Gasteiger partial charge in [-0.05, 0) is 29.3 Å². The van der Waals surface area contributed by atoms with Crippen molar-refractivity contribution in [2.45, 2.75) is 24.9 Å². The molecular weight excluding hydrogens is 314 g/mol. The van der Waals surface area contributed by atoms with Crippen molar-refractivity contribution in [1.82, 2.24) is 0 Å². The van der Waals surface area contributed by atoms with E-state index >= 15 is 0 Å². The molecule has 2 aliphatic rings. The third-order valence-electron chi connectivity index (χ3n) is 5.50. The summed E-state index contributed by atoms with van der Waals surface area (Å²) in [6.07, 6.45) is 0.587. The summed E-state index contributed by atoms with van der Waals surface area (Å²) >= 11 is 0. The summed E-state index contributed by atoms with van der Waals surface area (Å²) < 4.78 is 10.8. The molecular formula is C21H23NO3. The van der Waals surface area contributed by atoms with Crippen molar-refractivity contribution in [3.63, 3.8) is 0 Å². The van der Waals surface area contributed by atoms with Crippen molar-refractivity contribution < 1.29 is 14.3 Å². The predicted molar refractivity (Wildman–Crippen MR) is 97.1 cm³/mol. The maximum absolute atomic E-state index is 12.6. The van der Waals surface area contributed by atoms with Gasteiger partial charge in [-0.25, -0.2) is 0 Å². The molecule has 4 heteroatoms. The number of hydrogen-bond acceptors (Lipinski definition) is 4. The quantitative estimate of drug-likeness (QED) is 0.838. The minimum absolute atomic E-state index is 0.0721. The van der Waals surface area contributed by atoms with E-state index in [2.05, 4.69) is 41.3 Å². The van der Waals surface area contributed by atoms with Crippen LogP contribution in [0.2, 0.25) is 0 Å². The Labute approximate surface area is 148 Å². The monoisotopic (exact) mass is 337 g/mol. The molecule has 130 valence electrons. The van der Waals surface area contributed by atoms with E-state index in [1.165, 1.54) is 16.8 Å². The van der Waals surface area contributed by atoms with Gasteiger partial charge in [0.25, 0.3) is 0 Å². The molecule has 1 fully saturated rings. The van der Waals surface area contributed by atoms with Gasteiger partial charge in [0.05, 0.1) is 19.6 Å². The molecule has 0 aromatic heterocycles. The Morgan fingerprint density at radius 1 is 1.12 bits per heavy atom. The number of fused-ring (bicyclic) bond motifs is 3. The molecule has 0 radical (unpaired) electrons. The number of carbonyl (C=O) groups is 1. The standard InChI is InChI=1S/C21H23NO3/c1-24-13-18-20(23)11-17-16-10-15(25-2)8-9-19(16)22(21(17)18)12-14-6-4-3-5-7-14/h3-10,17-18,21H,11-13H2,1-2H3/t17-,18+,21+/m1/s1. The Bertz CT molecular complexity index is 774. The van der Waals surface area contributed by atoms with Crippen molar-refractivity contribution in [2.75, 3.05) is 25.7 Å². The van der Waals surface area contributed by atoms with Crippen molar-refractivity contribution in [1.29, 1.82) is 0 Å². The summed E-state index contributed by atoms with van der Waals surface area (Å²) in [6.45, 7) is 1.28. The summed E-state index contributed by atoms with van der Waals surface area (Å²) in [5, 5.41) is 0. The molecule has 4 rings (SSSR count). The molecule has 0 spiro atoms. The van der Waals surface area contributed by atoms with Gasteiger partial charge in [0, 0.05) is 37.7 Å². The zero-order chi connectivity index (χ0) is 17.4. The van der Waals surface area contributed by atoms with Crippen LogP contribution in [0.4, 0.5) is 5.69 Å². The van der Waals surface area contributed by atoms with Gasteiger partial charge in [0.15, 0.2) is 0 Å². The number of methoxy groups -OCH3 is 2. The molecule has 1 heterocycles. The second-order valence-electron chi connectivity index (χ2n) is 6.87. The normalized spacial score (nSPS) is 24.3. The molecule has 3 atom stereocenters. The van der Waals surface area contributed by atoms with Gasteiger partial charge in [0.2, 0.25) is 0 Å². The average molecular weight is 337 g/mol. The third kappa shape index (κ3) is 2.71. The van der Waals surface area contributed by atoms with Gasteiger partial charge in [0.1, 0.15) is 11.5 Å². The number of Topliss-reactive ketones (excluding diaryl/α,β-unsaturated/α-hetero) is 1. The van der Waals surface area contributed by atoms with E-state index in [0.717, 1.165) is 12.3 Å². The molecule has 0 amide bonds.